The molecule has 0 unspecified atom stereocenters. The van der Waals surface area contributed by atoms with Gasteiger partial charge in [0.15, 0.2) is 5.69 Å². The van der Waals surface area contributed by atoms with E-state index >= 15 is 0 Å². The quantitative estimate of drug-likeness (QED) is 0.695. The van der Waals surface area contributed by atoms with E-state index in [-0.39, 0.29) is 5.69 Å². The van der Waals surface area contributed by atoms with Crippen LogP contribution in [0.4, 0.5) is 5.82 Å². The number of aromatic nitrogens is 2. The van der Waals surface area contributed by atoms with Crippen molar-refractivity contribution in [3.8, 4) is 0 Å². The fourth-order valence-corrected chi connectivity index (χ4v) is 1.01. The van der Waals surface area contributed by atoms with Gasteiger partial charge >= 0.3 is 5.97 Å². The molecule has 0 fully saturated rings. The Labute approximate surface area is 81.9 Å². The number of carboxylic acid groups (broad SMARTS) is 1. The number of nitrogen functional groups attached to an aromatic ring is 1. The summed E-state index contributed by atoms with van der Waals surface area (Å²) < 4.78 is 1.49. The SMILES string of the molecule is CN(C)CCn1nc(C(=O)O)cc1N. The van der Waals surface area contributed by atoms with Gasteiger partial charge in [0.25, 0.3) is 0 Å². The van der Waals surface area contributed by atoms with Gasteiger partial charge < -0.3 is 15.7 Å². The van der Waals surface area contributed by atoms with Crippen molar-refractivity contribution in [1.29, 1.82) is 0 Å². The molecule has 0 aromatic carbocycles. The Morgan fingerprint density at radius 3 is 2.79 bits per heavy atom. The molecule has 6 heteroatoms. The first-order valence-corrected chi connectivity index (χ1v) is 4.22. The zero-order chi connectivity index (χ0) is 10.7. The zero-order valence-electron chi connectivity index (χ0n) is 8.27. The molecule has 0 saturated heterocycles. The molecular weight excluding hydrogens is 184 g/mol. The van der Waals surface area contributed by atoms with Crippen molar-refractivity contribution < 1.29 is 9.90 Å². The Kier molecular flexibility index (Phi) is 3.08. The van der Waals surface area contributed by atoms with Gasteiger partial charge in [-0.1, -0.05) is 0 Å². The highest BCUT2D eigenvalue weighted by molar-refractivity contribution is 5.86. The lowest BCUT2D eigenvalue weighted by Crippen LogP contribution is -2.20. The molecule has 0 aliphatic carbocycles. The van der Waals surface area contributed by atoms with E-state index in [9.17, 15) is 4.79 Å². The number of rotatable bonds is 4. The molecule has 1 aromatic rings. The summed E-state index contributed by atoms with van der Waals surface area (Å²) >= 11 is 0. The van der Waals surface area contributed by atoms with Crippen LogP contribution < -0.4 is 5.73 Å². The molecular formula is C8H14N4O2. The van der Waals surface area contributed by atoms with Gasteiger partial charge in [-0.3, -0.25) is 0 Å². The van der Waals surface area contributed by atoms with Crippen molar-refractivity contribution >= 4 is 11.8 Å². The summed E-state index contributed by atoms with van der Waals surface area (Å²) in [5, 5.41) is 12.5. The summed E-state index contributed by atoms with van der Waals surface area (Å²) in [6.45, 7) is 1.36. The summed E-state index contributed by atoms with van der Waals surface area (Å²) in [7, 11) is 3.86. The normalized spacial score (nSPS) is 10.8. The van der Waals surface area contributed by atoms with Gasteiger partial charge in [-0.05, 0) is 14.1 Å². The molecule has 1 aromatic heterocycles. The second-order valence-corrected chi connectivity index (χ2v) is 3.29. The molecule has 0 spiro atoms. The maximum Gasteiger partial charge on any atom is 0.356 e. The second kappa shape index (κ2) is 4.10. The molecule has 0 bridgehead atoms. The summed E-state index contributed by atoms with van der Waals surface area (Å²) in [5.74, 6) is -0.676. The van der Waals surface area contributed by atoms with Gasteiger partial charge in [0.05, 0.1) is 6.54 Å². The van der Waals surface area contributed by atoms with Crippen LogP contribution in [0.25, 0.3) is 0 Å². The lowest BCUT2D eigenvalue weighted by Gasteiger charge is -2.09. The van der Waals surface area contributed by atoms with Crippen molar-refractivity contribution in [2.24, 2.45) is 0 Å². The fraction of sp³-hybridized carbons (Fsp3) is 0.500. The first-order chi connectivity index (χ1) is 6.50. The van der Waals surface area contributed by atoms with E-state index in [1.54, 1.807) is 0 Å². The van der Waals surface area contributed by atoms with E-state index in [1.165, 1.54) is 10.7 Å². The minimum atomic E-state index is -1.06. The molecule has 1 rings (SSSR count). The number of anilines is 1. The third-order valence-electron chi connectivity index (χ3n) is 1.79. The molecule has 0 radical (unpaired) electrons. The summed E-state index contributed by atoms with van der Waals surface area (Å²) in [6.07, 6.45) is 0. The predicted molar refractivity (Wildman–Crippen MR) is 52.2 cm³/mol. The molecule has 0 aliphatic heterocycles. The van der Waals surface area contributed by atoms with Gasteiger partial charge in [-0.15, -0.1) is 0 Å². The molecule has 3 N–H and O–H groups in total. The van der Waals surface area contributed by atoms with Crippen LogP contribution in [0.1, 0.15) is 10.5 Å². The van der Waals surface area contributed by atoms with Crippen LogP contribution in [0.15, 0.2) is 6.07 Å². The third kappa shape index (κ3) is 2.46. The van der Waals surface area contributed by atoms with E-state index in [0.29, 0.717) is 12.4 Å². The van der Waals surface area contributed by atoms with Gasteiger partial charge in [0.1, 0.15) is 5.82 Å². The van der Waals surface area contributed by atoms with Gasteiger partial charge in [0, 0.05) is 12.6 Å². The molecule has 0 aliphatic rings. The Morgan fingerprint density at radius 1 is 1.71 bits per heavy atom. The largest absolute Gasteiger partial charge is 0.476 e. The van der Waals surface area contributed by atoms with E-state index < -0.39 is 5.97 Å². The minimum absolute atomic E-state index is 0.0127. The summed E-state index contributed by atoms with van der Waals surface area (Å²) in [4.78, 5) is 12.5. The Bertz CT molecular complexity index is 332. The van der Waals surface area contributed by atoms with E-state index in [4.69, 9.17) is 10.8 Å². The van der Waals surface area contributed by atoms with Crippen LogP contribution in [0.2, 0.25) is 0 Å². The maximum atomic E-state index is 10.6. The van der Waals surface area contributed by atoms with Crippen LogP contribution in [-0.2, 0) is 6.54 Å². The fourth-order valence-electron chi connectivity index (χ4n) is 1.01. The number of nitrogens with two attached hydrogens (primary N) is 1. The van der Waals surface area contributed by atoms with Crippen LogP contribution >= 0.6 is 0 Å². The first-order valence-electron chi connectivity index (χ1n) is 4.22. The molecule has 14 heavy (non-hydrogen) atoms. The average molecular weight is 198 g/mol. The molecule has 6 nitrogen and oxygen atoms in total. The Morgan fingerprint density at radius 2 is 2.36 bits per heavy atom. The number of hydrogen-bond donors (Lipinski definition) is 2. The summed E-state index contributed by atoms with van der Waals surface area (Å²) in [6, 6.07) is 1.36. The molecule has 78 valence electrons. The van der Waals surface area contributed by atoms with Crippen LogP contribution in [-0.4, -0.2) is 46.4 Å². The predicted octanol–water partition coefficient (Wildman–Crippen LogP) is -0.275. The van der Waals surface area contributed by atoms with Crippen molar-refractivity contribution in [1.82, 2.24) is 14.7 Å². The van der Waals surface area contributed by atoms with E-state index in [1.807, 2.05) is 19.0 Å². The monoisotopic (exact) mass is 198 g/mol. The van der Waals surface area contributed by atoms with Gasteiger partial charge in [-0.25, -0.2) is 9.48 Å². The molecule has 0 amide bonds. The Hall–Kier alpha value is -1.56. The van der Waals surface area contributed by atoms with Crippen molar-refractivity contribution in [3.05, 3.63) is 11.8 Å². The lowest BCUT2D eigenvalue weighted by atomic mass is 10.4. The number of hydrogen-bond acceptors (Lipinski definition) is 4. The van der Waals surface area contributed by atoms with E-state index in [2.05, 4.69) is 5.10 Å². The second-order valence-electron chi connectivity index (χ2n) is 3.29. The van der Waals surface area contributed by atoms with Crippen molar-refractivity contribution in [2.45, 2.75) is 6.54 Å². The van der Waals surface area contributed by atoms with Crippen molar-refractivity contribution in [2.75, 3.05) is 26.4 Å². The van der Waals surface area contributed by atoms with Crippen molar-refractivity contribution in [3.63, 3.8) is 0 Å². The van der Waals surface area contributed by atoms with Crippen LogP contribution in [0.3, 0.4) is 0 Å². The summed E-state index contributed by atoms with van der Waals surface area (Å²) in [5.41, 5.74) is 5.57. The highest BCUT2D eigenvalue weighted by Crippen LogP contribution is 2.05. The number of likely N-dealkylation sites (N-methyl/N-ethyl adjacent to an activating group) is 1. The minimum Gasteiger partial charge on any atom is -0.476 e. The van der Waals surface area contributed by atoms with Gasteiger partial charge in [-0.2, -0.15) is 5.10 Å². The average Bonchev–Trinajstić information content (AvgIpc) is 2.43. The highest BCUT2D eigenvalue weighted by Gasteiger charge is 2.10. The van der Waals surface area contributed by atoms with Crippen LogP contribution in [0, 0.1) is 0 Å². The standard InChI is InChI=1S/C8H14N4O2/c1-11(2)3-4-12-7(9)5-6(10-12)8(13)14/h5H,3-4,9H2,1-2H3,(H,13,14). The first kappa shape index (κ1) is 10.5. The number of carboxylic acids is 1. The van der Waals surface area contributed by atoms with Gasteiger partial charge in [0.2, 0.25) is 0 Å². The molecule has 0 saturated carbocycles. The maximum absolute atomic E-state index is 10.6. The lowest BCUT2D eigenvalue weighted by molar-refractivity contribution is 0.0689. The zero-order valence-corrected chi connectivity index (χ0v) is 8.27. The smallest absolute Gasteiger partial charge is 0.356 e. The number of carbonyl (C=O) groups is 1. The molecule has 1 heterocycles. The topological polar surface area (TPSA) is 84.4 Å². The third-order valence-corrected chi connectivity index (χ3v) is 1.79. The van der Waals surface area contributed by atoms with E-state index in [0.717, 1.165) is 6.54 Å². The van der Waals surface area contributed by atoms with Crippen LogP contribution in [0.5, 0.6) is 0 Å². The molecule has 0 atom stereocenters. The Balaban J connectivity index is 2.72. The number of aromatic carboxylic acids is 1. The highest BCUT2D eigenvalue weighted by atomic mass is 16.4. The number of nitrogens with zero attached hydrogens (tertiary/aromatic N) is 3.